The lowest BCUT2D eigenvalue weighted by Gasteiger charge is -2.17. The van der Waals surface area contributed by atoms with E-state index in [1.807, 2.05) is 0 Å². The largest absolute Gasteiger partial charge is 0.478 e. The van der Waals surface area contributed by atoms with Crippen LogP contribution in [-0.4, -0.2) is 29.4 Å². The van der Waals surface area contributed by atoms with E-state index in [4.69, 9.17) is 5.11 Å². The number of hydrogen-bond acceptors (Lipinski definition) is 3. The summed E-state index contributed by atoms with van der Waals surface area (Å²) in [7, 11) is 0. The Labute approximate surface area is 131 Å². The Balaban J connectivity index is 2.66. The molecule has 0 aliphatic rings. The summed E-state index contributed by atoms with van der Waals surface area (Å²) in [6, 6.07) is 4.45. The van der Waals surface area contributed by atoms with E-state index in [2.05, 4.69) is 26.6 Å². The van der Waals surface area contributed by atoms with Crippen LogP contribution in [0.5, 0.6) is 0 Å². The van der Waals surface area contributed by atoms with Crippen molar-refractivity contribution in [1.82, 2.24) is 5.32 Å². The first-order chi connectivity index (χ1) is 9.61. The number of carbonyl (C=O) groups is 3. The summed E-state index contributed by atoms with van der Waals surface area (Å²) >= 11 is 3.12. The van der Waals surface area contributed by atoms with Gasteiger partial charge in [-0.15, -0.1) is 0 Å². The zero-order chi connectivity index (χ0) is 16.2. The fourth-order valence-electron chi connectivity index (χ4n) is 1.40. The Bertz CT molecular complexity index is 579. The third-order valence-corrected chi connectivity index (χ3v) is 3.26. The summed E-state index contributed by atoms with van der Waals surface area (Å²) < 4.78 is 0.425. The third-order valence-electron chi connectivity index (χ3n) is 2.57. The molecule has 0 heterocycles. The number of aromatic carboxylic acids is 1. The predicted octanol–water partition coefficient (Wildman–Crippen LogP) is 2.25. The Morgan fingerprint density at radius 2 is 1.86 bits per heavy atom. The molecule has 0 spiro atoms. The minimum Gasteiger partial charge on any atom is -0.478 e. The van der Waals surface area contributed by atoms with E-state index < -0.39 is 17.3 Å². The number of halogens is 1. The number of benzene rings is 1. The van der Waals surface area contributed by atoms with E-state index in [1.165, 1.54) is 12.1 Å². The van der Waals surface area contributed by atoms with Crippen molar-refractivity contribution in [3.05, 3.63) is 28.2 Å². The van der Waals surface area contributed by atoms with E-state index in [1.54, 1.807) is 26.8 Å². The highest BCUT2D eigenvalue weighted by Crippen LogP contribution is 2.21. The monoisotopic (exact) mass is 356 g/mol. The average molecular weight is 357 g/mol. The molecule has 0 saturated heterocycles. The molecule has 1 aromatic rings. The van der Waals surface area contributed by atoms with Crippen molar-refractivity contribution in [3.8, 4) is 0 Å². The highest BCUT2D eigenvalue weighted by atomic mass is 79.9. The van der Waals surface area contributed by atoms with Crippen LogP contribution in [0.2, 0.25) is 0 Å². The number of hydrogen-bond donors (Lipinski definition) is 3. The second-order valence-electron chi connectivity index (χ2n) is 5.48. The van der Waals surface area contributed by atoms with Crippen LogP contribution >= 0.6 is 15.9 Å². The van der Waals surface area contributed by atoms with Gasteiger partial charge in [0, 0.05) is 15.6 Å². The Morgan fingerprint density at radius 3 is 2.38 bits per heavy atom. The van der Waals surface area contributed by atoms with Crippen LogP contribution in [0.25, 0.3) is 0 Å². The molecule has 0 radical (unpaired) electrons. The first-order valence-electron chi connectivity index (χ1n) is 6.22. The first-order valence-corrected chi connectivity index (χ1v) is 7.01. The fraction of sp³-hybridized carbons (Fsp3) is 0.357. The van der Waals surface area contributed by atoms with Gasteiger partial charge in [0.25, 0.3) is 0 Å². The van der Waals surface area contributed by atoms with Gasteiger partial charge in [0.1, 0.15) is 0 Å². The first kappa shape index (κ1) is 17.2. The lowest BCUT2D eigenvalue weighted by Crippen LogP contribution is -2.39. The molecule has 2 amide bonds. The van der Waals surface area contributed by atoms with Crippen LogP contribution in [-0.2, 0) is 9.59 Å². The molecule has 0 atom stereocenters. The molecule has 0 aromatic heterocycles. The number of carbonyl (C=O) groups excluding carboxylic acids is 2. The molecule has 6 nitrogen and oxygen atoms in total. The molecule has 7 heteroatoms. The molecule has 1 aromatic carbocycles. The van der Waals surface area contributed by atoms with Crippen molar-refractivity contribution >= 4 is 39.4 Å². The summed E-state index contributed by atoms with van der Waals surface area (Å²) in [6.07, 6.45) is 0. The molecule has 0 bridgehead atoms. The number of amides is 2. The summed E-state index contributed by atoms with van der Waals surface area (Å²) in [5.41, 5.74) is -0.175. The summed E-state index contributed by atoms with van der Waals surface area (Å²) in [5, 5.41) is 14.0. The quantitative estimate of drug-likeness (QED) is 0.770. The average Bonchev–Trinajstić information content (AvgIpc) is 2.36. The Hall–Kier alpha value is -1.89. The molecule has 0 saturated carbocycles. The van der Waals surface area contributed by atoms with Gasteiger partial charge in [0.2, 0.25) is 11.8 Å². The van der Waals surface area contributed by atoms with E-state index >= 15 is 0 Å². The van der Waals surface area contributed by atoms with Gasteiger partial charge in [-0.2, -0.15) is 0 Å². The molecule has 0 aliphatic carbocycles. The molecule has 0 fully saturated rings. The van der Waals surface area contributed by atoms with Crippen LogP contribution in [0, 0.1) is 5.41 Å². The van der Waals surface area contributed by atoms with Crippen LogP contribution in [0.1, 0.15) is 31.1 Å². The van der Waals surface area contributed by atoms with E-state index in [0.717, 1.165) is 0 Å². The highest BCUT2D eigenvalue weighted by molar-refractivity contribution is 9.10. The van der Waals surface area contributed by atoms with Crippen molar-refractivity contribution in [2.24, 2.45) is 5.41 Å². The standard InChI is InChI=1S/C14H17BrN2O4/c1-14(2,3)13(21)16-7-11(18)17-8-4-5-10(15)9(6-8)12(19)20/h4-6H,7H2,1-3H3,(H,16,21)(H,17,18)(H,19,20). The molecule has 1 rings (SSSR count). The van der Waals surface area contributed by atoms with Gasteiger partial charge in [-0.25, -0.2) is 4.79 Å². The maximum Gasteiger partial charge on any atom is 0.336 e. The molecule has 21 heavy (non-hydrogen) atoms. The smallest absolute Gasteiger partial charge is 0.336 e. The lowest BCUT2D eigenvalue weighted by molar-refractivity contribution is -0.130. The molecular formula is C14H17BrN2O4. The summed E-state index contributed by atoms with van der Waals surface area (Å²) in [6.45, 7) is 5.06. The number of anilines is 1. The van der Waals surface area contributed by atoms with Gasteiger partial charge >= 0.3 is 5.97 Å². The van der Waals surface area contributed by atoms with Crippen molar-refractivity contribution in [1.29, 1.82) is 0 Å². The minimum atomic E-state index is -1.10. The Kier molecular flexibility index (Phi) is 5.48. The number of carboxylic acids is 1. The molecule has 114 valence electrons. The van der Waals surface area contributed by atoms with Crippen molar-refractivity contribution in [2.75, 3.05) is 11.9 Å². The predicted molar refractivity (Wildman–Crippen MR) is 82.2 cm³/mol. The molecular weight excluding hydrogens is 340 g/mol. The fourth-order valence-corrected chi connectivity index (χ4v) is 1.81. The van der Waals surface area contributed by atoms with Gasteiger partial charge in [-0.3, -0.25) is 9.59 Å². The SMILES string of the molecule is CC(C)(C)C(=O)NCC(=O)Nc1ccc(Br)c(C(=O)O)c1. The van der Waals surface area contributed by atoms with E-state index in [9.17, 15) is 14.4 Å². The number of rotatable bonds is 4. The lowest BCUT2D eigenvalue weighted by atomic mass is 9.96. The summed E-state index contributed by atoms with van der Waals surface area (Å²) in [5.74, 6) is -1.76. The Morgan fingerprint density at radius 1 is 1.24 bits per heavy atom. The molecule has 0 aliphatic heterocycles. The molecule has 3 N–H and O–H groups in total. The molecule has 0 unspecified atom stereocenters. The number of carboxylic acid groups (broad SMARTS) is 1. The topological polar surface area (TPSA) is 95.5 Å². The van der Waals surface area contributed by atoms with Crippen molar-refractivity contribution in [3.63, 3.8) is 0 Å². The maximum atomic E-state index is 11.7. The van der Waals surface area contributed by atoms with Crippen molar-refractivity contribution < 1.29 is 19.5 Å². The zero-order valence-corrected chi connectivity index (χ0v) is 13.6. The second kappa shape index (κ2) is 6.71. The highest BCUT2D eigenvalue weighted by Gasteiger charge is 2.21. The van der Waals surface area contributed by atoms with Gasteiger partial charge in [-0.05, 0) is 34.1 Å². The van der Waals surface area contributed by atoms with E-state index in [-0.39, 0.29) is 18.0 Å². The van der Waals surface area contributed by atoms with Gasteiger partial charge in [0.05, 0.1) is 12.1 Å². The normalized spacial score (nSPS) is 10.9. The van der Waals surface area contributed by atoms with Gasteiger partial charge < -0.3 is 15.7 Å². The maximum absolute atomic E-state index is 11.7. The van der Waals surface area contributed by atoms with Crippen molar-refractivity contribution in [2.45, 2.75) is 20.8 Å². The third kappa shape index (κ3) is 5.18. The van der Waals surface area contributed by atoms with Crippen LogP contribution in [0.4, 0.5) is 5.69 Å². The second-order valence-corrected chi connectivity index (χ2v) is 6.33. The van der Waals surface area contributed by atoms with Crippen LogP contribution < -0.4 is 10.6 Å². The van der Waals surface area contributed by atoms with E-state index in [0.29, 0.717) is 10.2 Å². The van der Waals surface area contributed by atoms with Crippen LogP contribution in [0.15, 0.2) is 22.7 Å². The zero-order valence-electron chi connectivity index (χ0n) is 12.0. The number of nitrogens with one attached hydrogen (secondary N) is 2. The van der Waals surface area contributed by atoms with Gasteiger partial charge in [0.15, 0.2) is 0 Å². The minimum absolute atomic E-state index is 0.0477. The van der Waals surface area contributed by atoms with Gasteiger partial charge in [-0.1, -0.05) is 20.8 Å². The summed E-state index contributed by atoms with van der Waals surface area (Å²) in [4.78, 5) is 34.3. The van der Waals surface area contributed by atoms with Crippen LogP contribution in [0.3, 0.4) is 0 Å².